The number of hydrogen-bond donors (Lipinski definition) is 2. The molecule has 2 aromatic rings. The normalized spacial score (nSPS) is 10.5. The van der Waals surface area contributed by atoms with E-state index in [1.165, 1.54) is 11.9 Å². The summed E-state index contributed by atoms with van der Waals surface area (Å²) in [6.45, 7) is 0. The lowest BCUT2D eigenvalue weighted by Gasteiger charge is -2.14. The Morgan fingerprint density at radius 1 is 1.38 bits per heavy atom. The second-order valence-corrected chi connectivity index (χ2v) is 4.63. The molecule has 7 nitrogen and oxygen atoms in total. The van der Waals surface area contributed by atoms with E-state index in [0.29, 0.717) is 23.7 Å². The number of rotatable bonds is 5. The maximum Gasteiger partial charge on any atom is 0.348 e. The van der Waals surface area contributed by atoms with Crippen LogP contribution in [0, 0.1) is 5.41 Å². The van der Waals surface area contributed by atoms with Crippen LogP contribution in [0.1, 0.15) is 19.3 Å². The smallest absolute Gasteiger partial charge is 0.348 e. The van der Waals surface area contributed by atoms with Crippen molar-refractivity contribution in [3.63, 3.8) is 0 Å². The molecule has 3 N–H and O–H groups in total. The van der Waals surface area contributed by atoms with E-state index in [1.54, 1.807) is 24.3 Å². The Balaban J connectivity index is 2.19. The molecule has 0 radical (unpaired) electrons. The number of amidine groups is 1. The third kappa shape index (κ3) is 3.44. The van der Waals surface area contributed by atoms with E-state index >= 15 is 0 Å². The molecule has 0 spiro atoms. The van der Waals surface area contributed by atoms with Crippen molar-refractivity contribution in [2.24, 2.45) is 5.73 Å². The van der Waals surface area contributed by atoms with Crippen LogP contribution >= 0.6 is 0 Å². The van der Waals surface area contributed by atoms with E-state index in [2.05, 4.69) is 4.98 Å². The van der Waals surface area contributed by atoms with Crippen molar-refractivity contribution in [1.29, 1.82) is 5.41 Å². The molecule has 0 saturated heterocycles. The highest BCUT2D eigenvalue weighted by Crippen LogP contribution is 2.14. The van der Waals surface area contributed by atoms with Gasteiger partial charge < -0.3 is 10.2 Å². The summed E-state index contributed by atoms with van der Waals surface area (Å²) >= 11 is 0. The van der Waals surface area contributed by atoms with Crippen molar-refractivity contribution in [3.05, 3.63) is 34.7 Å². The molecule has 7 heteroatoms. The molecular weight excluding hydrogens is 272 g/mol. The molecule has 0 aliphatic carbocycles. The van der Waals surface area contributed by atoms with Crippen LogP contribution in [-0.4, -0.2) is 23.8 Å². The standard InChI is InChI=1S/C14H16N4O3/c1-18(12(19)8-4-7-11(15)16)14-17-10-6-3-2-5-9(10)13(20)21-14/h2-3,5-6H,4,7-8H2,1H3,(H3,15,16). The Hall–Kier alpha value is -2.70. The average molecular weight is 288 g/mol. The summed E-state index contributed by atoms with van der Waals surface area (Å²) in [6.07, 6.45) is 1.03. The third-order valence-corrected chi connectivity index (χ3v) is 3.02. The van der Waals surface area contributed by atoms with Gasteiger partial charge in [0.25, 0.3) is 0 Å². The molecule has 21 heavy (non-hydrogen) atoms. The maximum atomic E-state index is 12.0. The van der Waals surface area contributed by atoms with Gasteiger partial charge in [0.15, 0.2) is 0 Å². The summed E-state index contributed by atoms with van der Waals surface area (Å²) in [6, 6.07) is 6.74. The van der Waals surface area contributed by atoms with Crippen molar-refractivity contribution in [1.82, 2.24) is 4.98 Å². The van der Waals surface area contributed by atoms with Gasteiger partial charge in [-0.2, -0.15) is 4.98 Å². The second-order valence-electron chi connectivity index (χ2n) is 4.63. The Bertz CT molecular complexity index is 738. The highest BCUT2D eigenvalue weighted by atomic mass is 16.4. The largest absolute Gasteiger partial charge is 0.388 e. The first-order valence-electron chi connectivity index (χ1n) is 6.48. The van der Waals surface area contributed by atoms with Crippen LogP contribution in [0.5, 0.6) is 0 Å². The zero-order chi connectivity index (χ0) is 15.4. The van der Waals surface area contributed by atoms with Gasteiger partial charge in [-0.25, -0.2) is 4.79 Å². The van der Waals surface area contributed by atoms with Crippen molar-refractivity contribution in [2.45, 2.75) is 19.3 Å². The van der Waals surface area contributed by atoms with Gasteiger partial charge in [0.1, 0.15) is 0 Å². The summed E-state index contributed by atoms with van der Waals surface area (Å²) in [7, 11) is 1.50. The predicted octanol–water partition coefficient (Wildman–Crippen LogP) is 1.26. The number of nitrogens with one attached hydrogen (secondary N) is 1. The van der Waals surface area contributed by atoms with Gasteiger partial charge in [-0.1, -0.05) is 12.1 Å². The summed E-state index contributed by atoms with van der Waals surface area (Å²) in [5, 5.41) is 7.48. The first-order valence-corrected chi connectivity index (χ1v) is 6.48. The minimum Gasteiger partial charge on any atom is -0.388 e. The van der Waals surface area contributed by atoms with Gasteiger partial charge in [0.05, 0.1) is 16.7 Å². The van der Waals surface area contributed by atoms with Gasteiger partial charge in [0.2, 0.25) is 5.91 Å². The van der Waals surface area contributed by atoms with Crippen LogP contribution in [0.25, 0.3) is 10.9 Å². The number of para-hydroxylation sites is 1. The van der Waals surface area contributed by atoms with E-state index in [1.807, 2.05) is 0 Å². The van der Waals surface area contributed by atoms with E-state index < -0.39 is 5.63 Å². The van der Waals surface area contributed by atoms with Crippen molar-refractivity contribution < 1.29 is 9.21 Å². The fourth-order valence-corrected chi connectivity index (χ4v) is 1.86. The molecule has 0 fully saturated rings. The van der Waals surface area contributed by atoms with E-state index in [4.69, 9.17) is 15.6 Å². The average Bonchev–Trinajstić information content (AvgIpc) is 2.46. The Kier molecular flexibility index (Phi) is 4.32. The molecule has 0 aliphatic rings. The lowest BCUT2D eigenvalue weighted by atomic mass is 10.2. The summed E-state index contributed by atoms with van der Waals surface area (Å²) in [5.41, 5.74) is 5.18. The number of aromatic nitrogens is 1. The molecule has 2 rings (SSSR count). The number of fused-ring (bicyclic) bond motifs is 1. The second kappa shape index (κ2) is 6.17. The minimum atomic E-state index is -0.529. The SMILES string of the molecule is CN(C(=O)CCCC(=N)N)c1nc2ccccc2c(=O)o1. The molecule has 1 aromatic carbocycles. The van der Waals surface area contributed by atoms with Crippen molar-refractivity contribution in [2.75, 3.05) is 11.9 Å². The number of carbonyl (C=O) groups is 1. The molecule has 1 amide bonds. The maximum absolute atomic E-state index is 12.0. The number of hydrogen-bond acceptors (Lipinski definition) is 5. The van der Waals surface area contributed by atoms with E-state index in [9.17, 15) is 9.59 Å². The first-order chi connectivity index (χ1) is 9.99. The molecule has 1 aromatic heterocycles. The molecule has 0 saturated carbocycles. The first kappa shape index (κ1) is 14.7. The van der Waals surface area contributed by atoms with Crippen LogP contribution < -0.4 is 16.3 Å². The Morgan fingerprint density at radius 3 is 2.81 bits per heavy atom. The summed E-state index contributed by atoms with van der Waals surface area (Å²) < 4.78 is 5.07. The van der Waals surface area contributed by atoms with Gasteiger partial charge >= 0.3 is 11.6 Å². The monoisotopic (exact) mass is 288 g/mol. The van der Waals surface area contributed by atoms with Gasteiger partial charge in [0, 0.05) is 19.9 Å². The molecule has 0 aliphatic heterocycles. The number of anilines is 1. The minimum absolute atomic E-state index is 0.0356. The Morgan fingerprint density at radius 2 is 2.10 bits per heavy atom. The zero-order valence-electron chi connectivity index (χ0n) is 11.6. The third-order valence-electron chi connectivity index (χ3n) is 3.02. The molecule has 0 bridgehead atoms. The molecule has 1 heterocycles. The highest BCUT2D eigenvalue weighted by molar-refractivity contribution is 5.91. The van der Waals surface area contributed by atoms with Gasteiger partial charge in [-0.3, -0.25) is 15.1 Å². The van der Waals surface area contributed by atoms with Gasteiger partial charge in [-0.05, 0) is 18.6 Å². The number of amides is 1. The Labute approximate surface area is 120 Å². The topological polar surface area (TPSA) is 113 Å². The van der Waals surface area contributed by atoms with Crippen LogP contribution in [0.3, 0.4) is 0 Å². The van der Waals surface area contributed by atoms with Crippen LogP contribution in [-0.2, 0) is 4.79 Å². The molecular formula is C14H16N4O3. The number of nitrogens with zero attached hydrogens (tertiary/aromatic N) is 2. The fraction of sp³-hybridized carbons (Fsp3) is 0.286. The van der Waals surface area contributed by atoms with Gasteiger partial charge in [-0.15, -0.1) is 0 Å². The van der Waals surface area contributed by atoms with Crippen molar-refractivity contribution in [3.8, 4) is 0 Å². The summed E-state index contributed by atoms with van der Waals surface area (Å²) in [4.78, 5) is 29.2. The van der Waals surface area contributed by atoms with Crippen LogP contribution in [0.2, 0.25) is 0 Å². The lowest BCUT2D eigenvalue weighted by Crippen LogP contribution is -2.28. The lowest BCUT2D eigenvalue weighted by molar-refractivity contribution is -0.118. The summed E-state index contributed by atoms with van der Waals surface area (Å²) in [5.74, 6) is -0.206. The highest BCUT2D eigenvalue weighted by Gasteiger charge is 2.16. The number of benzene rings is 1. The predicted molar refractivity (Wildman–Crippen MR) is 79.5 cm³/mol. The quantitative estimate of drug-likeness (QED) is 0.635. The zero-order valence-corrected chi connectivity index (χ0v) is 11.6. The number of carbonyl (C=O) groups excluding carboxylic acids is 1. The van der Waals surface area contributed by atoms with E-state index in [-0.39, 0.29) is 24.2 Å². The molecule has 0 unspecified atom stereocenters. The fourth-order valence-electron chi connectivity index (χ4n) is 1.86. The van der Waals surface area contributed by atoms with Crippen LogP contribution in [0.4, 0.5) is 6.01 Å². The molecule has 0 atom stereocenters. The van der Waals surface area contributed by atoms with Crippen molar-refractivity contribution >= 4 is 28.7 Å². The van der Waals surface area contributed by atoms with E-state index in [0.717, 1.165) is 0 Å². The molecule has 110 valence electrons. The van der Waals surface area contributed by atoms with Crippen LogP contribution in [0.15, 0.2) is 33.5 Å². The number of nitrogens with two attached hydrogens (primary N) is 1.